The van der Waals surface area contributed by atoms with Crippen molar-refractivity contribution in [3.8, 4) is 40.1 Å². The maximum Gasteiger partial charge on any atom is 0.330 e. The molecule has 0 saturated carbocycles. The van der Waals surface area contributed by atoms with E-state index in [2.05, 4.69) is 0 Å². The molecule has 0 amide bonds. The summed E-state index contributed by atoms with van der Waals surface area (Å²) in [5.74, 6) is -2.96. The van der Waals surface area contributed by atoms with Gasteiger partial charge in [-0.05, 0) is 55.0 Å². The van der Waals surface area contributed by atoms with Gasteiger partial charge in [-0.1, -0.05) is 12.1 Å². The summed E-state index contributed by atoms with van der Waals surface area (Å²) in [6.07, 6.45) is -22.8. The molecule has 1 aromatic heterocycles. The van der Waals surface area contributed by atoms with E-state index in [-0.39, 0.29) is 28.4 Å². The minimum absolute atomic E-state index is 0.142. The predicted molar refractivity (Wildman–Crippen MR) is 212 cm³/mol. The summed E-state index contributed by atoms with van der Waals surface area (Å²) in [6.45, 7) is 0.00854. The van der Waals surface area contributed by atoms with Gasteiger partial charge in [-0.25, -0.2) is 4.79 Å². The number of aliphatic hydroxyl groups is 9. The van der Waals surface area contributed by atoms with Crippen LogP contribution >= 0.6 is 0 Å². The number of carbonyl (C=O) groups excluding carboxylic acids is 1. The zero-order valence-corrected chi connectivity index (χ0v) is 33.5. The number of benzene rings is 3. The molecule has 0 spiro atoms. The molecule has 346 valence electrons. The lowest BCUT2D eigenvalue weighted by Gasteiger charge is -2.45. The standard InChI is InChI=1S/C42H46O22/c1-16-28(48)34(54)39(42(58-16)63-38-31(51)27-22(46)12-20(45)13-23(27)60-37(38)18-5-7-19(44)8-6-18)64-41-36(56)33(53)30(50)25(62-41)15-57-26(47)11-4-17-2-9-21(10-3-17)59-40-35(55)32(52)29(49)24(14-43)61-40/h2-13,16,24-25,28-30,32-36,39-46,48-50,52-56H,14-15H2,1H3/b11-4+/t16-,24+,25+,28-,29+,30+,32-,33-,34+,35+,36+,39+,40+,41-,42-/m0/s1. The van der Waals surface area contributed by atoms with E-state index in [1.807, 2.05) is 0 Å². The highest BCUT2D eigenvalue weighted by Crippen LogP contribution is 2.38. The van der Waals surface area contributed by atoms with Gasteiger partial charge >= 0.3 is 5.97 Å². The third kappa shape index (κ3) is 9.64. The molecule has 12 N–H and O–H groups in total. The first-order valence-corrected chi connectivity index (χ1v) is 19.7. The van der Waals surface area contributed by atoms with Crippen LogP contribution in [-0.2, 0) is 28.5 Å². The SMILES string of the molecule is C[C@@H]1O[C@@H](Oc2c(-c3ccc(O)cc3)oc3cc(O)cc(O)c3c2=O)[C@H](O[C@@H]2O[C@H](COC(=O)/C=C/c3ccc(O[C@@H]4O[C@H](CO)[C@@H](O)[C@H](O)[C@H]4O)cc3)[C@@H](O)[C@H](O)[C@H]2O)[C@H](O)[C@H]1O. The van der Waals surface area contributed by atoms with Gasteiger partial charge in [0.2, 0.25) is 23.8 Å². The third-order valence-corrected chi connectivity index (χ3v) is 10.8. The largest absolute Gasteiger partial charge is 0.508 e. The number of aromatic hydroxyl groups is 3. The Balaban J connectivity index is 1.04. The molecule has 3 saturated heterocycles. The number of phenolic OH excluding ortho intramolecular Hbond substituents is 3. The van der Waals surface area contributed by atoms with Crippen molar-refractivity contribution in [3.63, 3.8) is 0 Å². The average Bonchev–Trinajstić information content (AvgIpc) is 3.27. The number of hydrogen-bond acceptors (Lipinski definition) is 22. The Labute approximate surface area is 361 Å². The van der Waals surface area contributed by atoms with E-state index in [0.29, 0.717) is 5.56 Å². The average molecular weight is 903 g/mol. The van der Waals surface area contributed by atoms with E-state index in [1.165, 1.54) is 61.5 Å². The lowest BCUT2D eigenvalue weighted by Crippen LogP contribution is -2.64. The molecule has 7 rings (SSSR count). The smallest absolute Gasteiger partial charge is 0.330 e. The van der Waals surface area contributed by atoms with Gasteiger partial charge in [0.1, 0.15) is 102 Å². The van der Waals surface area contributed by atoms with Crippen LogP contribution in [0.25, 0.3) is 28.4 Å². The molecule has 0 aliphatic carbocycles. The second kappa shape index (κ2) is 19.3. The van der Waals surface area contributed by atoms with Gasteiger partial charge in [-0.15, -0.1) is 0 Å². The maximum atomic E-state index is 14.0. The first kappa shape index (κ1) is 46.5. The number of ether oxygens (including phenoxy) is 7. The molecular weight excluding hydrogens is 856 g/mol. The second-order valence-corrected chi connectivity index (χ2v) is 15.2. The van der Waals surface area contributed by atoms with Crippen LogP contribution in [0, 0.1) is 0 Å². The van der Waals surface area contributed by atoms with Crippen molar-refractivity contribution in [2.45, 2.75) is 99.0 Å². The van der Waals surface area contributed by atoms with E-state index in [4.69, 9.17) is 37.6 Å². The first-order valence-electron chi connectivity index (χ1n) is 19.7. The van der Waals surface area contributed by atoms with Gasteiger partial charge < -0.3 is 98.9 Å². The fourth-order valence-electron chi connectivity index (χ4n) is 7.19. The van der Waals surface area contributed by atoms with Crippen LogP contribution in [0.15, 0.2) is 76.0 Å². The van der Waals surface area contributed by atoms with Crippen LogP contribution in [0.5, 0.6) is 28.7 Å². The fraction of sp³-hybridized carbons (Fsp3) is 0.429. The van der Waals surface area contributed by atoms with Gasteiger partial charge in [0, 0.05) is 23.8 Å². The van der Waals surface area contributed by atoms with Crippen molar-refractivity contribution in [1.82, 2.24) is 0 Å². The Morgan fingerprint density at radius 3 is 2.00 bits per heavy atom. The number of esters is 1. The van der Waals surface area contributed by atoms with Crippen LogP contribution < -0.4 is 14.9 Å². The van der Waals surface area contributed by atoms with Gasteiger partial charge in [0.15, 0.2) is 18.2 Å². The van der Waals surface area contributed by atoms with Crippen LogP contribution in [0.4, 0.5) is 0 Å². The van der Waals surface area contributed by atoms with Crippen LogP contribution in [-0.4, -0.2) is 173 Å². The summed E-state index contributed by atoms with van der Waals surface area (Å²) in [7, 11) is 0. The zero-order chi connectivity index (χ0) is 46.1. The minimum Gasteiger partial charge on any atom is -0.508 e. The van der Waals surface area contributed by atoms with E-state index in [1.54, 1.807) is 0 Å². The number of hydrogen-bond donors (Lipinski definition) is 12. The van der Waals surface area contributed by atoms with Crippen molar-refractivity contribution in [1.29, 1.82) is 0 Å². The van der Waals surface area contributed by atoms with E-state index < -0.39 is 139 Å². The highest BCUT2D eigenvalue weighted by Gasteiger charge is 2.51. The predicted octanol–water partition coefficient (Wildman–Crippen LogP) is -1.95. The summed E-state index contributed by atoms with van der Waals surface area (Å²) in [5, 5.41) is 124. The molecule has 0 unspecified atom stereocenters. The van der Waals surface area contributed by atoms with Crippen molar-refractivity contribution in [2.75, 3.05) is 13.2 Å². The molecule has 0 radical (unpaired) electrons. The lowest BCUT2D eigenvalue weighted by molar-refractivity contribution is -0.355. The van der Waals surface area contributed by atoms with Gasteiger partial charge in [-0.2, -0.15) is 0 Å². The highest BCUT2D eigenvalue weighted by atomic mass is 16.8. The van der Waals surface area contributed by atoms with Gasteiger partial charge in [0.25, 0.3) is 0 Å². The molecule has 3 fully saturated rings. The van der Waals surface area contributed by atoms with Crippen molar-refractivity contribution < 1.29 is 104 Å². The number of carbonyl (C=O) groups is 1. The van der Waals surface area contributed by atoms with E-state index in [9.17, 15) is 70.9 Å². The van der Waals surface area contributed by atoms with Gasteiger partial charge in [-0.3, -0.25) is 4.79 Å². The monoisotopic (exact) mass is 902 g/mol. The molecule has 64 heavy (non-hydrogen) atoms. The molecule has 22 nitrogen and oxygen atoms in total. The normalized spacial score (nSPS) is 33.2. The van der Waals surface area contributed by atoms with Crippen LogP contribution in [0.3, 0.4) is 0 Å². The molecule has 4 heterocycles. The Morgan fingerprint density at radius 1 is 0.688 bits per heavy atom. The van der Waals surface area contributed by atoms with Crippen LogP contribution in [0.2, 0.25) is 0 Å². The molecule has 3 aliphatic rings. The number of aliphatic hydroxyl groups excluding tert-OH is 9. The quantitative estimate of drug-likeness (QED) is 0.0543. The fourth-order valence-corrected chi connectivity index (χ4v) is 7.19. The molecule has 4 aromatic rings. The Hall–Kier alpha value is -5.44. The summed E-state index contributed by atoms with van der Waals surface area (Å²) in [4.78, 5) is 26.7. The zero-order valence-electron chi connectivity index (χ0n) is 33.5. The molecule has 3 aromatic carbocycles. The van der Waals surface area contributed by atoms with E-state index >= 15 is 0 Å². The minimum atomic E-state index is -2.03. The first-order chi connectivity index (χ1) is 30.4. The molecule has 3 aliphatic heterocycles. The van der Waals surface area contributed by atoms with Crippen molar-refractivity contribution >= 4 is 23.0 Å². The molecular formula is C42H46O22. The van der Waals surface area contributed by atoms with Gasteiger partial charge in [0.05, 0.1) is 12.7 Å². The molecule has 22 heteroatoms. The molecule has 0 bridgehead atoms. The Kier molecular flexibility index (Phi) is 14.1. The number of phenols is 3. The van der Waals surface area contributed by atoms with Crippen molar-refractivity contribution in [2.24, 2.45) is 0 Å². The maximum absolute atomic E-state index is 14.0. The Morgan fingerprint density at radius 2 is 1.33 bits per heavy atom. The summed E-state index contributed by atoms with van der Waals surface area (Å²) >= 11 is 0. The lowest BCUT2D eigenvalue weighted by atomic mass is 9.97. The number of rotatable bonds is 12. The second-order valence-electron chi connectivity index (χ2n) is 15.2. The van der Waals surface area contributed by atoms with E-state index in [0.717, 1.165) is 18.2 Å². The van der Waals surface area contributed by atoms with Crippen LogP contribution in [0.1, 0.15) is 12.5 Å². The highest BCUT2D eigenvalue weighted by molar-refractivity contribution is 5.88. The summed E-state index contributed by atoms with van der Waals surface area (Å²) in [5.41, 5.74) is -0.638. The number of fused-ring (bicyclic) bond motifs is 1. The Bertz CT molecular complexity index is 2330. The van der Waals surface area contributed by atoms with Crippen molar-refractivity contribution in [3.05, 3.63) is 82.5 Å². The third-order valence-electron chi connectivity index (χ3n) is 10.8. The summed E-state index contributed by atoms with van der Waals surface area (Å²) < 4.78 is 45.4. The molecule has 15 atom stereocenters. The topological polar surface area (TPSA) is 355 Å². The summed E-state index contributed by atoms with van der Waals surface area (Å²) in [6, 6.07) is 13.1.